The molecule has 0 aliphatic heterocycles. The molecule has 0 heterocycles. The quantitative estimate of drug-likeness (QED) is 0.547. The molecule has 0 aromatic heterocycles. The van der Waals surface area contributed by atoms with E-state index in [0.717, 1.165) is 22.0 Å². The molecule has 1 aromatic rings. The number of aryl methyl sites for hydroxylation is 1. The standard InChI is InChI=1S/C16H22BrNO2Si/c1-16(2,3)21(4,5)20-18-14-9-6-11-10-12(17)7-8-13(11)15(14)19/h7-8,10H,6,9H2,1-5H3/b18-14+. The highest BCUT2D eigenvalue weighted by Gasteiger charge is 2.40. The van der Waals surface area contributed by atoms with Gasteiger partial charge in [0.2, 0.25) is 5.78 Å². The van der Waals surface area contributed by atoms with E-state index in [4.69, 9.17) is 4.53 Å². The van der Waals surface area contributed by atoms with Crippen LogP contribution in [0.15, 0.2) is 27.8 Å². The molecule has 2 rings (SSSR count). The smallest absolute Gasteiger partial charge is 0.286 e. The molecule has 0 saturated heterocycles. The summed E-state index contributed by atoms with van der Waals surface area (Å²) in [5, 5.41) is 4.32. The number of benzene rings is 1. The van der Waals surface area contributed by atoms with Gasteiger partial charge in [0.25, 0.3) is 8.32 Å². The van der Waals surface area contributed by atoms with Gasteiger partial charge in [-0.05, 0) is 48.3 Å². The van der Waals surface area contributed by atoms with Crippen LogP contribution in [0.1, 0.15) is 43.1 Å². The van der Waals surface area contributed by atoms with Crippen LogP contribution < -0.4 is 0 Å². The molecule has 0 saturated carbocycles. The molecule has 3 nitrogen and oxygen atoms in total. The Morgan fingerprint density at radius 2 is 1.90 bits per heavy atom. The van der Waals surface area contributed by atoms with Crippen molar-refractivity contribution in [2.24, 2.45) is 5.16 Å². The first kappa shape index (κ1) is 16.4. The van der Waals surface area contributed by atoms with Gasteiger partial charge < -0.3 is 4.53 Å². The van der Waals surface area contributed by atoms with E-state index in [1.165, 1.54) is 0 Å². The number of hydrogen-bond donors (Lipinski definition) is 0. The van der Waals surface area contributed by atoms with Gasteiger partial charge in [-0.25, -0.2) is 0 Å². The summed E-state index contributed by atoms with van der Waals surface area (Å²) in [4.78, 5) is 12.5. The zero-order chi connectivity index (χ0) is 15.8. The average Bonchev–Trinajstić information content (AvgIpc) is 2.36. The monoisotopic (exact) mass is 367 g/mol. The van der Waals surface area contributed by atoms with Gasteiger partial charge in [-0.1, -0.05) is 36.7 Å². The van der Waals surface area contributed by atoms with Crippen LogP contribution in [-0.4, -0.2) is 19.8 Å². The minimum absolute atomic E-state index is 0.00228. The van der Waals surface area contributed by atoms with Gasteiger partial charge in [0.1, 0.15) is 5.71 Å². The van der Waals surface area contributed by atoms with Crippen LogP contribution in [0.25, 0.3) is 0 Å². The third-order valence-corrected chi connectivity index (χ3v) is 9.05. The Balaban J connectivity index is 2.22. The number of carbonyl (C=O) groups is 1. The predicted molar refractivity (Wildman–Crippen MR) is 92.5 cm³/mol. The molecule has 0 radical (unpaired) electrons. The van der Waals surface area contributed by atoms with Gasteiger partial charge in [0.15, 0.2) is 0 Å². The van der Waals surface area contributed by atoms with E-state index in [2.05, 4.69) is 55.0 Å². The molecule has 0 amide bonds. The number of fused-ring (bicyclic) bond motifs is 1. The summed E-state index contributed by atoms with van der Waals surface area (Å²) in [5.74, 6) is 0.00228. The van der Waals surface area contributed by atoms with E-state index < -0.39 is 8.32 Å². The Morgan fingerprint density at radius 3 is 2.52 bits per heavy atom. The maximum Gasteiger partial charge on any atom is 0.286 e. The van der Waals surface area contributed by atoms with Crippen molar-refractivity contribution in [2.45, 2.75) is 51.7 Å². The number of hydrogen-bond acceptors (Lipinski definition) is 3. The van der Waals surface area contributed by atoms with Crippen molar-refractivity contribution in [3.63, 3.8) is 0 Å². The topological polar surface area (TPSA) is 38.7 Å². The average molecular weight is 368 g/mol. The number of oxime groups is 1. The third-order valence-electron chi connectivity index (χ3n) is 4.40. The summed E-state index contributed by atoms with van der Waals surface area (Å²) in [5.41, 5.74) is 2.39. The number of halogens is 1. The first-order chi connectivity index (χ1) is 9.62. The molecule has 5 heteroatoms. The molecule has 0 unspecified atom stereocenters. The maximum atomic E-state index is 12.5. The first-order valence-corrected chi connectivity index (χ1v) is 10.9. The molecule has 0 bridgehead atoms. The van der Waals surface area contributed by atoms with Crippen molar-refractivity contribution >= 4 is 35.7 Å². The second kappa shape index (κ2) is 5.69. The Morgan fingerprint density at radius 1 is 1.24 bits per heavy atom. The highest BCUT2D eigenvalue weighted by atomic mass is 79.9. The Kier molecular flexibility index (Phi) is 4.45. The number of rotatable bonds is 2. The number of Topliss-reactive ketones (excluding diaryl/α,β-unsaturated/α-hetero) is 1. The van der Waals surface area contributed by atoms with E-state index >= 15 is 0 Å². The maximum absolute atomic E-state index is 12.5. The molecule has 114 valence electrons. The zero-order valence-electron chi connectivity index (χ0n) is 13.3. The highest BCUT2D eigenvalue weighted by Crippen LogP contribution is 2.37. The summed E-state index contributed by atoms with van der Waals surface area (Å²) in [6.07, 6.45) is 1.48. The van der Waals surface area contributed by atoms with Gasteiger partial charge >= 0.3 is 0 Å². The summed E-state index contributed by atoms with van der Waals surface area (Å²) in [7, 11) is -1.97. The summed E-state index contributed by atoms with van der Waals surface area (Å²) < 4.78 is 6.85. The molecule has 0 N–H and O–H groups in total. The van der Waals surface area contributed by atoms with Gasteiger partial charge in [-0.2, -0.15) is 0 Å². The lowest BCUT2D eigenvalue weighted by atomic mass is 9.89. The van der Waals surface area contributed by atoms with Crippen molar-refractivity contribution < 1.29 is 9.32 Å². The second-order valence-electron chi connectivity index (χ2n) is 7.02. The Hall–Kier alpha value is -0.943. The number of nitrogens with zero attached hydrogens (tertiary/aromatic N) is 1. The Bertz CT molecular complexity index is 603. The minimum atomic E-state index is -1.97. The first-order valence-electron chi connectivity index (χ1n) is 7.20. The van der Waals surface area contributed by atoms with Crippen molar-refractivity contribution in [3.8, 4) is 0 Å². The van der Waals surface area contributed by atoms with Gasteiger partial charge in [0, 0.05) is 16.5 Å². The lowest BCUT2D eigenvalue weighted by molar-refractivity contribution is 0.105. The van der Waals surface area contributed by atoms with Gasteiger partial charge in [-0.15, -0.1) is 5.16 Å². The summed E-state index contributed by atoms with van der Waals surface area (Å²) >= 11 is 3.44. The number of ketones is 1. The van der Waals surface area contributed by atoms with Crippen LogP contribution in [0.4, 0.5) is 0 Å². The van der Waals surface area contributed by atoms with Crippen LogP contribution in [0.3, 0.4) is 0 Å². The fraction of sp³-hybridized carbons (Fsp3) is 0.500. The van der Waals surface area contributed by atoms with Crippen LogP contribution in [0.5, 0.6) is 0 Å². The molecule has 0 fully saturated rings. The lowest BCUT2D eigenvalue weighted by Crippen LogP contribution is -2.39. The van der Waals surface area contributed by atoms with Gasteiger partial charge in [0.05, 0.1) is 0 Å². The van der Waals surface area contributed by atoms with Crippen LogP contribution in [0, 0.1) is 0 Å². The number of carbonyl (C=O) groups excluding carboxylic acids is 1. The second-order valence-corrected chi connectivity index (χ2v) is 12.6. The fourth-order valence-corrected chi connectivity index (χ4v) is 2.93. The van der Waals surface area contributed by atoms with Crippen molar-refractivity contribution in [2.75, 3.05) is 0 Å². The largest absolute Gasteiger partial charge is 0.454 e. The molecule has 1 aliphatic rings. The SMILES string of the molecule is CC(C)(C)[Si](C)(C)O/N=C1\CCc2cc(Br)ccc2C1=O. The van der Waals surface area contributed by atoms with E-state index in [-0.39, 0.29) is 10.8 Å². The molecular formula is C16H22BrNO2Si. The molecular weight excluding hydrogens is 346 g/mol. The molecule has 21 heavy (non-hydrogen) atoms. The van der Waals surface area contributed by atoms with E-state index in [1.807, 2.05) is 18.2 Å². The van der Waals surface area contributed by atoms with E-state index in [9.17, 15) is 4.79 Å². The van der Waals surface area contributed by atoms with Crippen molar-refractivity contribution in [3.05, 3.63) is 33.8 Å². The summed E-state index contributed by atoms with van der Waals surface area (Å²) in [6, 6.07) is 5.77. The van der Waals surface area contributed by atoms with Crippen molar-refractivity contribution in [1.29, 1.82) is 0 Å². The van der Waals surface area contributed by atoms with Crippen LogP contribution >= 0.6 is 15.9 Å². The molecule has 0 atom stereocenters. The zero-order valence-corrected chi connectivity index (χ0v) is 15.9. The lowest BCUT2D eigenvalue weighted by Gasteiger charge is -2.33. The van der Waals surface area contributed by atoms with E-state index in [0.29, 0.717) is 12.1 Å². The molecule has 0 spiro atoms. The van der Waals surface area contributed by atoms with Crippen LogP contribution in [-0.2, 0) is 10.9 Å². The van der Waals surface area contributed by atoms with E-state index in [1.54, 1.807) is 0 Å². The molecule has 1 aliphatic carbocycles. The summed E-state index contributed by atoms with van der Waals surface area (Å²) in [6.45, 7) is 10.8. The third kappa shape index (κ3) is 3.46. The van der Waals surface area contributed by atoms with Crippen LogP contribution in [0.2, 0.25) is 18.1 Å². The van der Waals surface area contributed by atoms with Gasteiger partial charge in [-0.3, -0.25) is 4.79 Å². The fourth-order valence-electron chi connectivity index (χ4n) is 1.91. The normalized spacial score (nSPS) is 17.8. The Labute approximate surface area is 136 Å². The highest BCUT2D eigenvalue weighted by molar-refractivity contribution is 9.10. The molecule has 1 aromatic carbocycles. The predicted octanol–water partition coefficient (Wildman–Crippen LogP) is 4.96. The van der Waals surface area contributed by atoms with Crippen molar-refractivity contribution in [1.82, 2.24) is 0 Å². The minimum Gasteiger partial charge on any atom is -0.454 e.